The van der Waals surface area contributed by atoms with Gasteiger partial charge in [-0.25, -0.2) is 0 Å². The number of rotatable bonds is 8. The molecule has 0 radical (unpaired) electrons. The van der Waals surface area contributed by atoms with Crippen LogP contribution in [0.15, 0.2) is 0 Å². The van der Waals surface area contributed by atoms with Crippen LogP contribution in [0.4, 0.5) is 13.2 Å². The van der Waals surface area contributed by atoms with Crippen LogP contribution >= 0.6 is 0 Å². The van der Waals surface area contributed by atoms with Crippen LogP contribution in [0.5, 0.6) is 0 Å². The van der Waals surface area contributed by atoms with Gasteiger partial charge in [0.25, 0.3) is 0 Å². The first-order valence-electron chi connectivity index (χ1n) is 6.94. The van der Waals surface area contributed by atoms with Gasteiger partial charge in [-0.15, -0.1) is 0 Å². The highest BCUT2D eigenvalue weighted by molar-refractivity contribution is 4.79. The van der Waals surface area contributed by atoms with Gasteiger partial charge in [0, 0.05) is 19.1 Å². The van der Waals surface area contributed by atoms with Crippen molar-refractivity contribution in [3.63, 3.8) is 0 Å². The van der Waals surface area contributed by atoms with Gasteiger partial charge in [0.2, 0.25) is 0 Å². The Kier molecular flexibility index (Phi) is 7.37. The molecule has 116 valence electrons. The van der Waals surface area contributed by atoms with E-state index in [-0.39, 0.29) is 11.5 Å². The Morgan fingerprint density at radius 2 is 1.53 bits per heavy atom. The van der Waals surface area contributed by atoms with E-state index in [0.717, 1.165) is 13.1 Å². The molecule has 0 rings (SSSR count). The van der Waals surface area contributed by atoms with Crippen molar-refractivity contribution in [2.75, 3.05) is 26.2 Å². The second kappa shape index (κ2) is 7.48. The third kappa shape index (κ3) is 10.2. The van der Waals surface area contributed by atoms with Crippen molar-refractivity contribution < 1.29 is 13.2 Å². The Morgan fingerprint density at radius 3 is 1.89 bits per heavy atom. The van der Waals surface area contributed by atoms with Crippen LogP contribution in [-0.4, -0.2) is 43.3 Å². The Labute approximate surface area is 115 Å². The maximum absolute atomic E-state index is 12.5. The molecule has 0 aliphatic carbocycles. The second-order valence-corrected chi connectivity index (χ2v) is 6.80. The first-order valence-corrected chi connectivity index (χ1v) is 6.94. The molecule has 0 aromatic heterocycles. The van der Waals surface area contributed by atoms with Crippen molar-refractivity contribution in [2.45, 2.75) is 53.8 Å². The summed E-state index contributed by atoms with van der Waals surface area (Å²) >= 11 is 0. The molecule has 2 nitrogen and oxygen atoms in total. The van der Waals surface area contributed by atoms with Crippen LogP contribution in [0.3, 0.4) is 0 Å². The third-order valence-corrected chi connectivity index (χ3v) is 2.90. The molecule has 0 saturated heterocycles. The molecule has 0 heterocycles. The largest absolute Gasteiger partial charge is 0.401 e. The number of halogens is 3. The van der Waals surface area contributed by atoms with Crippen LogP contribution in [0, 0.1) is 11.3 Å². The Bertz CT molecular complexity index is 248. The molecule has 1 N–H and O–H groups in total. The lowest BCUT2D eigenvalue weighted by Gasteiger charge is -2.36. The maximum Gasteiger partial charge on any atom is 0.401 e. The smallest absolute Gasteiger partial charge is 0.316 e. The quantitative estimate of drug-likeness (QED) is 0.732. The molecular formula is C14H29F3N2. The van der Waals surface area contributed by atoms with E-state index in [1.807, 2.05) is 27.7 Å². The maximum atomic E-state index is 12.5. The fourth-order valence-corrected chi connectivity index (χ4v) is 1.96. The molecule has 5 heteroatoms. The van der Waals surface area contributed by atoms with Crippen molar-refractivity contribution in [3.8, 4) is 0 Å². The van der Waals surface area contributed by atoms with Crippen molar-refractivity contribution >= 4 is 0 Å². The van der Waals surface area contributed by atoms with Gasteiger partial charge in [0.1, 0.15) is 0 Å². The van der Waals surface area contributed by atoms with Crippen LogP contribution in [-0.2, 0) is 0 Å². The summed E-state index contributed by atoms with van der Waals surface area (Å²) in [6.07, 6.45) is -4.13. The lowest BCUT2D eigenvalue weighted by molar-refractivity contribution is -0.152. The molecule has 0 fully saturated rings. The summed E-state index contributed by atoms with van der Waals surface area (Å²) in [4.78, 5) is 1.50. The average molecular weight is 282 g/mol. The Morgan fingerprint density at radius 1 is 1.00 bits per heavy atom. The van der Waals surface area contributed by atoms with Crippen molar-refractivity contribution in [2.24, 2.45) is 11.3 Å². The molecular weight excluding hydrogens is 253 g/mol. The molecule has 0 aromatic rings. The molecule has 19 heavy (non-hydrogen) atoms. The van der Waals surface area contributed by atoms with E-state index in [0.29, 0.717) is 12.5 Å². The van der Waals surface area contributed by atoms with E-state index in [1.54, 1.807) is 0 Å². The third-order valence-electron chi connectivity index (χ3n) is 2.90. The zero-order valence-corrected chi connectivity index (χ0v) is 13.1. The first kappa shape index (κ1) is 18.7. The zero-order chi connectivity index (χ0) is 15.3. The normalized spacial score (nSPS) is 13.9. The zero-order valence-electron chi connectivity index (χ0n) is 13.1. The summed E-state index contributed by atoms with van der Waals surface area (Å²) in [5.41, 5.74) is -0.176. The van der Waals surface area contributed by atoms with Gasteiger partial charge in [-0.1, -0.05) is 27.7 Å². The minimum atomic E-state index is -4.13. The van der Waals surface area contributed by atoms with E-state index in [2.05, 4.69) is 19.2 Å². The topological polar surface area (TPSA) is 15.3 Å². The highest BCUT2D eigenvalue weighted by Gasteiger charge is 2.34. The fraction of sp³-hybridized carbons (Fsp3) is 1.00. The molecule has 0 aliphatic heterocycles. The Balaban J connectivity index is 4.39. The van der Waals surface area contributed by atoms with Gasteiger partial charge in [0.05, 0.1) is 6.54 Å². The molecule has 0 amide bonds. The van der Waals surface area contributed by atoms with Crippen molar-refractivity contribution in [1.82, 2.24) is 10.2 Å². The SMILES string of the molecule is CC(C)CNCC(C)(C)CN(CC(F)(F)F)C(C)C. The number of alkyl halides is 3. The standard InChI is InChI=1S/C14H29F3N2/c1-11(2)7-18-8-13(5,6)9-19(12(3)4)10-14(15,16)17/h11-12,18H,7-10H2,1-6H3. The summed E-state index contributed by atoms with van der Waals surface area (Å²) in [6.45, 7) is 13.1. The Hall–Kier alpha value is -0.290. The second-order valence-electron chi connectivity index (χ2n) is 6.80. The van der Waals surface area contributed by atoms with E-state index < -0.39 is 12.7 Å². The number of nitrogens with zero attached hydrogens (tertiary/aromatic N) is 1. The number of hydrogen-bond acceptors (Lipinski definition) is 2. The van der Waals surface area contributed by atoms with E-state index in [9.17, 15) is 13.2 Å². The lowest BCUT2D eigenvalue weighted by Crippen LogP contribution is -2.47. The minimum absolute atomic E-state index is 0.106. The average Bonchev–Trinajstić information content (AvgIpc) is 2.12. The number of hydrogen-bond donors (Lipinski definition) is 1. The lowest BCUT2D eigenvalue weighted by atomic mass is 9.92. The van der Waals surface area contributed by atoms with Gasteiger partial charge in [-0.3, -0.25) is 4.90 Å². The molecule has 0 saturated carbocycles. The summed E-state index contributed by atoms with van der Waals surface area (Å²) in [7, 11) is 0. The van der Waals surface area contributed by atoms with Crippen LogP contribution in [0.2, 0.25) is 0 Å². The fourth-order valence-electron chi connectivity index (χ4n) is 1.96. The van der Waals surface area contributed by atoms with Crippen LogP contribution in [0.25, 0.3) is 0 Å². The summed E-state index contributed by atoms with van der Waals surface area (Å²) in [6, 6.07) is -0.106. The minimum Gasteiger partial charge on any atom is -0.316 e. The van der Waals surface area contributed by atoms with Crippen molar-refractivity contribution in [3.05, 3.63) is 0 Å². The van der Waals surface area contributed by atoms with Gasteiger partial charge in [-0.2, -0.15) is 13.2 Å². The first-order chi connectivity index (χ1) is 8.43. The highest BCUT2D eigenvalue weighted by atomic mass is 19.4. The van der Waals surface area contributed by atoms with Gasteiger partial charge >= 0.3 is 6.18 Å². The highest BCUT2D eigenvalue weighted by Crippen LogP contribution is 2.23. The predicted octanol–water partition coefficient (Wildman–Crippen LogP) is 3.53. The summed E-state index contributed by atoms with van der Waals surface area (Å²) < 4.78 is 37.6. The summed E-state index contributed by atoms with van der Waals surface area (Å²) in [5, 5.41) is 3.32. The van der Waals surface area contributed by atoms with E-state index in [4.69, 9.17) is 0 Å². The molecule has 0 spiro atoms. The van der Waals surface area contributed by atoms with Gasteiger partial charge < -0.3 is 5.32 Å². The monoisotopic (exact) mass is 282 g/mol. The summed E-state index contributed by atoms with van der Waals surface area (Å²) in [5.74, 6) is 0.548. The van der Waals surface area contributed by atoms with Gasteiger partial charge in [0.15, 0.2) is 0 Å². The molecule has 0 bridgehead atoms. The molecule has 0 atom stereocenters. The van der Waals surface area contributed by atoms with E-state index >= 15 is 0 Å². The molecule has 0 aliphatic rings. The van der Waals surface area contributed by atoms with Crippen LogP contribution in [0.1, 0.15) is 41.5 Å². The predicted molar refractivity (Wildman–Crippen MR) is 74.3 cm³/mol. The molecule has 0 aromatic carbocycles. The van der Waals surface area contributed by atoms with E-state index in [1.165, 1.54) is 4.90 Å². The molecule has 0 unspecified atom stereocenters. The number of nitrogens with one attached hydrogen (secondary N) is 1. The van der Waals surface area contributed by atoms with Crippen LogP contribution < -0.4 is 5.32 Å². The van der Waals surface area contributed by atoms with Crippen molar-refractivity contribution in [1.29, 1.82) is 0 Å². The van der Waals surface area contributed by atoms with Gasteiger partial charge in [-0.05, 0) is 31.7 Å².